The van der Waals surface area contributed by atoms with E-state index < -0.39 is 0 Å². The maximum atomic E-state index is 10.9. The topological polar surface area (TPSA) is 26.3 Å². The van der Waals surface area contributed by atoms with Crippen molar-refractivity contribution in [1.29, 1.82) is 0 Å². The Kier molecular flexibility index (Phi) is 2.81. The summed E-state index contributed by atoms with van der Waals surface area (Å²) in [7, 11) is 0. The van der Waals surface area contributed by atoms with Gasteiger partial charge in [0.05, 0.1) is 11.2 Å². The van der Waals surface area contributed by atoms with Crippen molar-refractivity contribution in [2.75, 3.05) is 0 Å². The van der Waals surface area contributed by atoms with Crippen LogP contribution in [-0.4, -0.2) is 17.5 Å². The SMILES string of the molecule is CCC1(C)CC(C=O)C(C)(CC)O1. The van der Waals surface area contributed by atoms with Crippen molar-refractivity contribution in [2.24, 2.45) is 5.92 Å². The molecule has 1 aliphatic rings. The number of hydrogen-bond acceptors (Lipinski definition) is 2. The molecule has 2 heteroatoms. The van der Waals surface area contributed by atoms with Crippen LogP contribution in [0.15, 0.2) is 0 Å². The van der Waals surface area contributed by atoms with Gasteiger partial charge in [0.15, 0.2) is 0 Å². The molecule has 0 aromatic heterocycles. The fourth-order valence-electron chi connectivity index (χ4n) is 2.10. The first-order chi connectivity index (χ1) is 5.99. The molecule has 0 aromatic carbocycles. The van der Waals surface area contributed by atoms with Gasteiger partial charge in [-0.25, -0.2) is 0 Å². The highest BCUT2D eigenvalue weighted by molar-refractivity contribution is 5.56. The van der Waals surface area contributed by atoms with E-state index in [4.69, 9.17) is 4.74 Å². The maximum Gasteiger partial charge on any atom is 0.126 e. The minimum Gasteiger partial charge on any atom is -0.368 e. The maximum absolute atomic E-state index is 10.9. The Balaban J connectivity index is 2.83. The Morgan fingerprint density at radius 2 is 2.00 bits per heavy atom. The van der Waals surface area contributed by atoms with Crippen LogP contribution in [0, 0.1) is 5.92 Å². The predicted molar refractivity (Wildman–Crippen MR) is 52.6 cm³/mol. The zero-order valence-electron chi connectivity index (χ0n) is 9.09. The molecule has 1 fully saturated rings. The molecule has 1 heterocycles. The summed E-state index contributed by atoms with van der Waals surface area (Å²) in [6.45, 7) is 8.35. The van der Waals surface area contributed by atoms with E-state index in [1.165, 1.54) is 0 Å². The smallest absolute Gasteiger partial charge is 0.126 e. The van der Waals surface area contributed by atoms with Gasteiger partial charge < -0.3 is 9.53 Å². The molecule has 76 valence electrons. The van der Waals surface area contributed by atoms with Crippen molar-refractivity contribution < 1.29 is 9.53 Å². The zero-order valence-corrected chi connectivity index (χ0v) is 9.09. The fraction of sp³-hybridized carbons (Fsp3) is 0.909. The average Bonchev–Trinajstić information content (AvgIpc) is 2.40. The summed E-state index contributed by atoms with van der Waals surface area (Å²) in [5.74, 6) is 0.0717. The second-order valence-electron chi connectivity index (χ2n) is 4.52. The number of rotatable bonds is 3. The third-order valence-corrected chi connectivity index (χ3v) is 3.53. The molecule has 0 saturated carbocycles. The monoisotopic (exact) mass is 184 g/mol. The molecule has 1 saturated heterocycles. The predicted octanol–water partition coefficient (Wildman–Crippen LogP) is 2.56. The van der Waals surface area contributed by atoms with E-state index in [0.29, 0.717) is 0 Å². The highest BCUT2D eigenvalue weighted by atomic mass is 16.5. The molecule has 3 atom stereocenters. The number of ether oxygens (including phenoxy) is 1. The van der Waals surface area contributed by atoms with E-state index in [1.54, 1.807) is 0 Å². The molecule has 3 unspecified atom stereocenters. The van der Waals surface area contributed by atoms with E-state index in [-0.39, 0.29) is 17.1 Å². The van der Waals surface area contributed by atoms with Crippen LogP contribution in [0.4, 0.5) is 0 Å². The lowest BCUT2D eigenvalue weighted by Crippen LogP contribution is -2.33. The van der Waals surface area contributed by atoms with Gasteiger partial charge in [-0.3, -0.25) is 0 Å². The second-order valence-corrected chi connectivity index (χ2v) is 4.52. The van der Waals surface area contributed by atoms with Crippen LogP contribution in [0.1, 0.15) is 47.0 Å². The summed E-state index contributed by atoms with van der Waals surface area (Å²) >= 11 is 0. The molecular weight excluding hydrogens is 164 g/mol. The van der Waals surface area contributed by atoms with Crippen LogP contribution in [0.5, 0.6) is 0 Å². The Morgan fingerprint density at radius 1 is 1.38 bits per heavy atom. The summed E-state index contributed by atoms with van der Waals surface area (Å²) in [6, 6.07) is 0. The Bertz CT molecular complexity index is 202. The molecular formula is C11H20O2. The van der Waals surface area contributed by atoms with Crippen LogP contribution >= 0.6 is 0 Å². The molecule has 0 radical (unpaired) electrons. The first-order valence-corrected chi connectivity index (χ1v) is 5.15. The van der Waals surface area contributed by atoms with Gasteiger partial charge in [0.1, 0.15) is 6.29 Å². The summed E-state index contributed by atoms with van der Waals surface area (Å²) in [5.41, 5.74) is -0.317. The van der Waals surface area contributed by atoms with Gasteiger partial charge in [-0.05, 0) is 33.1 Å². The lowest BCUT2D eigenvalue weighted by Gasteiger charge is -2.29. The van der Waals surface area contributed by atoms with Crippen molar-refractivity contribution in [2.45, 2.75) is 58.2 Å². The van der Waals surface area contributed by atoms with Crippen LogP contribution < -0.4 is 0 Å². The van der Waals surface area contributed by atoms with Gasteiger partial charge in [0.2, 0.25) is 0 Å². The molecule has 13 heavy (non-hydrogen) atoms. The molecule has 1 rings (SSSR count). The molecule has 0 aliphatic carbocycles. The molecule has 0 aromatic rings. The third kappa shape index (κ3) is 1.78. The third-order valence-electron chi connectivity index (χ3n) is 3.53. The van der Waals surface area contributed by atoms with Crippen molar-refractivity contribution in [3.05, 3.63) is 0 Å². The highest BCUT2D eigenvalue weighted by Crippen LogP contribution is 2.44. The zero-order chi connectivity index (χ0) is 10.1. The summed E-state index contributed by atoms with van der Waals surface area (Å²) < 4.78 is 6.01. The van der Waals surface area contributed by atoms with E-state index in [9.17, 15) is 4.79 Å². The molecule has 0 amide bonds. The Hall–Kier alpha value is -0.370. The van der Waals surface area contributed by atoms with Crippen molar-refractivity contribution >= 4 is 6.29 Å². The minimum atomic E-state index is -0.230. The largest absolute Gasteiger partial charge is 0.368 e. The van der Waals surface area contributed by atoms with Gasteiger partial charge in [0.25, 0.3) is 0 Å². The molecule has 2 nitrogen and oxygen atoms in total. The number of aldehydes is 1. The quantitative estimate of drug-likeness (QED) is 0.630. The summed E-state index contributed by atoms with van der Waals surface area (Å²) in [6.07, 6.45) is 3.82. The standard InChI is InChI=1S/C11H20O2/c1-5-10(3)7-9(8-12)11(4,6-2)13-10/h8-9H,5-7H2,1-4H3. The second kappa shape index (κ2) is 3.41. The molecule has 0 bridgehead atoms. The fourth-order valence-corrected chi connectivity index (χ4v) is 2.10. The van der Waals surface area contributed by atoms with Crippen molar-refractivity contribution in [3.8, 4) is 0 Å². The van der Waals surface area contributed by atoms with Gasteiger partial charge >= 0.3 is 0 Å². The molecule has 0 spiro atoms. The van der Waals surface area contributed by atoms with Crippen molar-refractivity contribution in [3.63, 3.8) is 0 Å². The lowest BCUT2D eigenvalue weighted by molar-refractivity contribution is -0.122. The van der Waals surface area contributed by atoms with E-state index >= 15 is 0 Å². The lowest BCUT2D eigenvalue weighted by atomic mass is 9.84. The van der Waals surface area contributed by atoms with Crippen molar-refractivity contribution in [1.82, 2.24) is 0 Å². The van der Waals surface area contributed by atoms with Gasteiger partial charge in [0, 0.05) is 5.92 Å². The number of hydrogen-bond donors (Lipinski definition) is 0. The number of carbonyl (C=O) groups is 1. The minimum absolute atomic E-state index is 0.0717. The normalized spacial score (nSPS) is 45.1. The van der Waals surface area contributed by atoms with Gasteiger partial charge in [-0.15, -0.1) is 0 Å². The van der Waals surface area contributed by atoms with E-state index in [0.717, 1.165) is 25.5 Å². The summed E-state index contributed by atoms with van der Waals surface area (Å²) in [5, 5.41) is 0. The first-order valence-electron chi connectivity index (χ1n) is 5.15. The van der Waals surface area contributed by atoms with Gasteiger partial charge in [-0.2, -0.15) is 0 Å². The van der Waals surface area contributed by atoms with Crippen LogP contribution in [-0.2, 0) is 9.53 Å². The number of carbonyl (C=O) groups excluding carboxylic acids is 1. The average molecular weight is 184 g/mol. The molecule has 1 aliphatic heterocycles. The Labute approximate surface area is 80.7 Å². The Morgan fingerprint density at radius 3 is 2.31 bits per heavy atom. The summed E-state index contributed by atoms with van der Waals surface area (Å²) in [4.78, 5) is 10.9. The van der Waals surface area contributed by atoms with E-state index in [1.807, 2.05) is 6.92 Å². The first kappa shape index (κ1) is 10.7. The van der Waals surface area contributed by atoms with Crippen LogP contribution in [0.3, 0.4) is 0 Å². The molecule has 0 N–H and O–H groups in total. The van der Waals surface area contributed by atoms with Crippen LogP contribution in [0.25, 0.3) is 0 Å². The van der Waals surface area contributed by atoms with E-state index in [2.05, 4.69) is 20.8 Å². The van der Waals surface area contributed by atoms with Gasteiger partial charge in [-0.1, -0.05) is 13.8 Å². The van der Waals surface area contributed by atoms with Crippen LogP contribution in [0.2, 0.25) is 0 Å². The highest BCUT2D eigenvalue weighted by Gasteiger charge is 2.48.